The van der Waals surface area contributed by atoms with Crippen LogP contribution in [0.4, 0.5) is 0 Å². The highest BCUT2D eigenvalue weighted by Crippen LogP contribution is 2.13. The first kappa shape index (κ1) is 7.30. The van der Waals surface area contributed by atoms with Crippen LogP contribution in [-0.2, 0) is 7.05 Å². The highest BCUT2D eigenvalue weighted by atomic mass is 32.1. The second kappa shape index (κ2) is 2.60. The molecule has 0 aromatic carbocycles. The Morgan fingerprint density at radius 2 is 2.42 bits per heavy atom. The quantitative estimate of drug-likeness (QED) is 0.653. The van der Waals surface area contributed by atoms with Gasteiger partial charge in [0.25, 0.3) is 0 Å². The van der Waals surface area contributed by atoms with Crippen molar-refractivity contribution in [1.29, 1.82) is 0 Å². The lowest BCUT2D eigenvalue weighted by molar-refractivity contribution is 0.774. The van der Waals surface area contributed by atoms with E-state index >= 15 is 0 Å². The molecule has 0 fully saturated rings. The van der Waals surface area contributed by atoms with Gasteiger partial charge >= 0.3 is 0 Å². The van der Waals surface area contributed by atoms with Crippen LogP contribution in [0.15, 0.2) is 18.5 Å². The van der Waals surface area contributed by atoms with Gasteiger partial charge in [-0.05, 0) is 18.3 Å². The van der Waals surface area contributed by atoms with Gasteiger partial charge in [-0.1, -0.05) is 0 Å². The van der Waals surface area contributed by atoms with Crippen LogP contribution in [0.2, 0.25) is 0 Å². The molecular weight excluding hydrogens is 172 g/mol. The number of aryl methyl sites for hydroxylation is 1. The van der Waals surface area contributed by atoms with Gasteiger partial charge in [0.05, 0.1) is 11.4 Å². The molecule has 0 aliphatic rings. The first-order chi connectivity index (χ1) is 5.77. The van der Waals surface area contributed by atoms with E-state index in [9.17, 15) is 0 Å². The third-order valence-corrected chi connectivity index (χ3v) is 1.91. The summed E-state index contributed by atoms with van der Waals surface area (Å²) in [5.41, 5.74) is 1.97. The van der Waals surface area contributed by atoms with Crippen molar-refractivity contribution in [2.75, 3.05) is 0 Å². The number of hydrogen-bond donors (Lipinski definition) is 2. The summed E-state index contributed by atoms with van der Waals surface area (Å²) in [5.74, 6) is 0. The molecule has 2 aromatic heterocycles. The van der Waals surface area contributed by atoms with Crippen molar-refractivity contribution in [1.82, 2.24) is 19.7 Å². The van der Waals surface area contributed by atoms with E-state index in [0.717, 1.165) is 11.4 Å². The Labute approximate surface area is 74.2 Å². The lowest BCUT2D eigenvalue weighted by atomic mass is 10.3. The topological polar surface area (TPSA) is 49.4 Å². The second-order valence-electron chi connectivity index (χ2n) is 2.50. The molecule has 5 heteroatoms. The van der Waals surface area contributed by atoms with E-state index < -0.39 is 0 Å². The van der Waals surface area contributed by atoms with Crippen LogP contribution in [-0.4, -0.2) is 19.7 Å². The molecule has 4 nitrogen and oxygen atoms in total. The summed E-state index contributed by atoms with van der Waals surface area (Å²) in [6.07, 6.45) is 3.58. The fourth-order valence-electron chi connectivity index (χ4n) is 1.11. The summed E-state index contributed by atoms with van der Waals surface area (Å²) in [6, 6.07) is 1.93. The number of rotatable bonds is 1. The third kappa shape index (κ3) is 1.08. The van der Waals surface area contributed by atoms with Crippen LogP contribution in [0.5, 0.6) is 0 Å². The molecule has 62 valence electrons. The highest BCUT2D eigenvalue weighted by molar-refractivity contribution is 7.71. The number of hydrogen-bond acceptors (Lipinski definition) is 2. The van der Waals surface area contributed by atoms with Crippen molar-refractivity contribution >= 4 is 12.2 Å². The van der Waals surface area contributed by atoms with Crippen molar-refractivity contribution in [2.24, 2.45) is 7.05 Å². The number of aromatic amines is 2. The number of nitrogens with one attached hydrogen (secondary N) is 2. The highest BCUT2D eigenvalue weighted by Gasteiger charge is 2.01. The Kier molecular flexibility index (Phi) is 1.58. The van der Waals surface area contributed by atoms with Crippen LogP contribution in [0.1, 0.15) is 0 Å². The van der Waals surface area contributed by atoms with E-state index in [-0.39, 0.29) is 0 Å². The minimum Gasteiger partial charge on any atom is -0.337 e. The largest absolute Gasteiger partial charge is 0.337 e. The van der Waals surface area contributed by atoms with Crippen molar-refractivity contribution in [3.8, 4) is 11.4 Å². The van der Waals surface area contributed by atoms with Gasteiger partial charge in [-0.2, -0.15) is 5.10 Å². The van der Waals surface area contributed by atoms with Crippen LogP contribution in [0, 0.1) is 4.77 Å². The zero-order chi connectivity index (χ0) is 8.55. The summed E-state index contributed by atoms with van der Waals surface area (Å²) in [5, 5.41) is 4.05. The van der Waals surface area contributed by atoms with Crippen LogP contribution < -0.4 is 0 Å². The molecule has 0 aliphatic carbocycles. The number of nitrogens with zero attached hydrogens (tertiary/aromatic N) is 2. The van der Waals surface area contributed by atoms with E-state index in [2.05, 4.69) is 15.1 Å². The van der Waals surface area contributed by atoms with Gasteiger partial charge in [-0.15, -0.1) is 0 Å². The average molecular weight is 180 g/mol. The van der Waals surface area contributed by atoms with Gasteiger partial charge in [0, 0.05) is 19.4 Å². The van der Waals surface area contributed by atoms with Gasteiger partial charge in [0.2, 0.25) is 0 Å². The fraction of sp³-hybridized carbons (Fsp3) is 0.143. The summed E-state index contributed by atoms with van der Waals surface area (Å²) >= 11 is 4.91. The second-order valence-corrected chi connectivity index (χ2v) is 2.90. The van der Waals surface area contributed by atoms with Crippen LogP contribution in [0.25, 0.3) is 11.4 Å². The molecule has 0 aliphatic heterocycles. The van der Waals surface area contributed by atoms with Crippen LogP contribution >= 0.6 is 12.2 Å². The molecule has 2 rings (SSSR count). The minimum atomic E-state index is 0.631. The predicted octanol–water partition coefficient (Wildman–Crippen LogP) is 1.47. The molecule has 2 aromatic rings. The summed E-state index contributed by atoms with van der Waals surface area (Å²) in [6.45, 7) is 0. The van der Waals surface area contributed by atoms with Crippen LogP contribution in [0.3, 0.4) is 0 Å². The smallest absolute Gasteiger partial charge is 0.174 e. The Morgan fingerprint density at radius 1 is 1.58 bits per heavy atom. The van der Waals surface area contributed by atoms with Gasteiger partial charge in [-0.3, -0.25) is 4.68 Å². The monoisotopic (exact) mass is 180 g/mol. The van der Waals surface area contributed by atoms with Gasteiger partial charge in [0.15, 0.2) is 4.77 Å². The predicted molar refractivity (Wildman–Crippen MR) is 48.2 cm³/mol. The van der Waals surface area contributed by atoms with Gasteiger partial charge in [-0.25, -0.2) is 0 Å². The molecule has 0 atom stereocenters. The molecule has 2 N–H and O–H groups in total. The lowest BCUT2D eigenvalue weighted by Crippen LogP contribution is -1.92. The van der Waals surface area contributed by atoms with E-state index in [1.807, 2.05) is 19.3 Å². The van der Waals surface area contributed by atoms with Crippen molar-refractivity contribution < 1.29 is 0 Å². The molecule has 0 amide bonds. The normalized spacial score (nSPS) is 10.4. The van der Waals surface area contributed by atoms with E-state index in [1.165, 1.54) is 0 Å². The van der Waals surface area contributed by atoms with Crippen molar-refractivity contribution in [2.45, 2.75) is 0 Å². The Balaban J connectivity index is 2.57. The molecule has 0 unspecified atom stereocenters. The SMILES string of the molecule is Cn1nccc1-c1c[nH]c(=S)[nH]1. The molecule has 2 heterocycles. The maximum atomic E-state index is 4.91. The maximum Gasteiger partial charge on any atom is 0.174 e. The van der Waals surface area contributed by atoms with E-state index in [1.54, 1.807) is 10.9 Å². The van der Waals surface area contributed by atoms with Crippen molar-refractivity contribution in [3.05, 3.63) is 23.2 Å². The summed E-state index contributed by atoms with van der Waals surface area (Å²) in [7, 11) is 1.89. The number of H-pyrrole nitrogens is 2. The third-order valence-electron chi connectivity index (χ3n) is 1.69. The standard InChI is InChI=1S/C7H8N4S/c1-11-6(2-3-9-11)5-4-8-7(12)10-5/h2-4H,1H3,(H2,8,10,12). The fourth-order valence-corrected chi connectivity index (χ4v) is 1.28. The zero-order valence-corrected chi connectivity index (χ0v) is 7.35. The number of aromatic nitrogens is 4. The molecule has 0 spiro atoms. The Morgan fingerprint density at radius 3 is 2.92 bits per heavy atom. The van der Waals surface area contributed by atoms with Gasteiger partial charge in [0.1, 0.15) is 0 Å². The minimum absolute atomic E-state index is 0.631. The maximum absolute atomic E-state index is 4.91. The molecular formula is C7H8N4S. The summed E-state index contributed by atoms with van der Waals surface area (Å²) in [4.78, 5) is 5.92. The Bertz CT molecular complexity index is 436. The molecule has 0 bridgehead atoms. The average Bonchev–Trinajstić information content (AvgIpc) is 2.58. The number of imidazole rings is 1. The molecule has 0 saturated carbocycles. The van der Waals surface area contributed by atoms with E-state index in [4.69, 9.17) is 12.2 Å². The first-order valence-corrected chi connectivity index (χ1v) is 3.94. The van der Waals surface area contributed by atoms with E-state index in [0.29, 0.717) is 4.77 Å². The first-order valence-electron chi connectivity index (χ1n) is 3.53. The van der Waals surface area contributed by atoms with Gasteiger partial charge < -0.3 is 9.97 Å². The molecule has 12 heavy (non-hydrogen) atoms. The Hall–Kier alpha value is -1.36. The summed E-state index contributed by atoms with van der Waals surface area (Å²) < 4.78 is 2.42. The zero-order valence-electron chi connectivity index (χ0n) is 6.53. The van der Waals surface area contributed by atoms with Crippen molar-refractivity contribution in [3.63, 3.8) is 0 Å². The molecule has 0 saturated heterocycles. The molecule has 0 radical (unpaired) electrons. The lowest BCUT2D eigenvalue weighted by Gasteiger charge is -1.95.